The fraction of sp³-hybridized carbons (Fsp3) is 0.214. The molecule has 2 aromatic heterocycles. The number of carboxylic acid groups (broad SMARTS) is 1. The standard InChI is InChI=1S/C14H12N4O4S2/c1-22-9-4-2-8(3-5-9)6-10-12(21)18-13(16-15-10)24-14(17-18)23-7-11(19)20/h2-5H,6-7H2,1H3,(H,19,20). The minimum Gasteiger partial charge on any atom is -0.497 e. The van der Waals surface area contributed by atoms with Gasteiger partial charge in [0.25, 0.3) is 5.56 Å². The Morgan fingerprint density at radius 1 is 1.33 bits per heavy atom. The zero-order valence-electron chi connectivity index (χ0n) is 12.5. The summed E-state index contributed by atoms with van der Waals surface area (Å²) in [5.74, 6) is -0.338. The Balaban J connectivity index is 1.87. The Labute approximate surface area is 144 Å². The van der Waals surface area contributed by atoms with Gasteiger partial charge in [0.15, 0.2) is 4.34 Å². The van der Waals surface area contributed by atoms with Gasteiger partial charge in [-0.05, 0) is 17.7 Å². The molecule has 0 atom stereocenters. The molecule has 0 spiro atoms. The molecule has 0 unspecified atom stereocenters. The Kier molecular flexibility index (Phi) is 4.76. The molecule has 0 fully saturated rings. The van der Waals surface area contributed by atoms with Gasteiger partial charge in [-0.1, -0.05) is 35.2 Å². The predicted molar refractivity (Wildman–Crippen MR) is 89.1 cm³/mol. The van der Waals surface area contributed by atoms with Crippen LogP contribution in [0.1, 0.15) is 11.3 Å². The average Bonchev–Trinajstić information content (AvgIpc) is 3.00. The molecular weight excluding hydrogens is 352 g/mol. The van der Waals surface area contributed by atoms with Crippen molar-refractivity contribution in [2.24, 2.45) is 0 Å². The van der Waals surface area contributed by atoms with Gasteiger partial charge in [-0.15, -0.1) is 15.3 Å². The van der Waals surface area contributed by atoms with E-state index in [0.717, 1.165) is 34.4 Å². The maximum absolute atomic E-state index is 12.5. The summed E-state index contributed by atoms with van der Waals surface area (Å²) in [5, 5.41) is 20.8. The highest BCUT2D eigenvalue weighted by Crippen LogP contribution is 2.22. The number of aromatic nitrogens is 4. The lowest BCUT2D eigenvalue weighted by molar-refractivity contribution is -0.133. The molecule has 0 saturated heterocycles. The number of carboxylic acids is 1. The van der Waals surface area contributed by atoms with Crippen molar-refractivity contribution in [1.82, 2.24) is 19.8 Å². The van der Waals surface area contributed by atoms with E-state index in [9.17, 15) is 9.59 Å². The smallest absolute Gasteiger partial charge is 0.313 e. The highest BCUT2D eigenvalue weighted by molar-refractivity contribution is 8.01. The van der Waals surface area contributed by atoms with Crippen LogP contribution < -0.4 is 10.3 Å². The lowest BCUT2D eigenvalue weighted by Crippen LogP contribution is -2.22. The van der Waals surface area contributed by atoms with Crippen LogP contribution in [0, 0.1) is 0 Å². The minimum atomic E-state index is -0.946. The van der Waals surface area contributed by atoms with Crippen LogP contribution >= 0.6 is 23.1 Å². The van der Waals surface area contributed by atoms with Gasteiger partial charge in [-0.2, -0.15) is 4.52 Å². The number of ether oxygens (including phenoxy) is 1. The van der Waals surface area contributed by atoms with Crippen molar-refractivity contribution in [1.29, 1.82) is 0 Å². The predicted octanol–water partition coefficient (Wildman–Crippen LogP) is 1.32. The summed E-state index contributed by atoms with van der Waals surface area (Å²) in [6.45, 7) is 0. The van der Waals surface area contributed by atoms with Gasteiger partial charge in [0.1, 0.15) is 11.4 Å². The van der Waals surface area contributed by atoms with Crippen LogP contribution in [0.5, 0.6) is 5.75 Å². The van der Waals surface area contributed by atoms with Crippen LogP contribution in [0.3, 0.4) is 0 Å². The third kappa shape index (κ3) is 3.54. The molecule has 2 heterocycles. The molecule has 1 N–H and O–H groups in total. The first-order chi connectivity index (χ1) is 11.6. The van der Waals surface area contributed by atoms with Gasteiger partial charge >= 0.3 is 5.97 Å². The summed E-state index contributed by atoms with van der Waals surface area (Å²) in [5.41, 5.74) is 0.824. The first-order valence-corrected chi connectivity index (χ1v) is 8.60. The summed E-state index contributed by atoms with van der Waals surface area (Å²) in [7, 11) is 1.59. The highest BCUT2D eigenvalue weighted by Gasteiger charge is 2.13. The van der Waals surface area contributed by atoms with E-state index in [1.165, 1.54) is 4.52 Å². The summed E-state index contributed by atoms with van der Waals surface area (Å²) in [4.78, 5) is 23.4. The molecular formula is C14H12N4O4S2. The van der Waals surface area contributed by atoms with Crippen LogP contribution in [0.15, 0.2) is 33.4 Å². The third-order valence-corrected chi connectivity index (χ3v) is 5.10. The van der Waals surface area contributed by atoms with E-state index in [0.29, 0.717) is 15.7 Å². The maximum Gasteiger partial charge on any atom is 0.313 e. The Morgan fingerprint density at radius 3 is 2.75 bits per heavy atom. The van der Waals surface area contributed by atoms with Crippen molar-refractivity contribution in [2.75, 3.05) is 12.9 Å². The second kappa shape index (κ2) is 6.97. The van der Waals surface area contributed by atoms with Crippen LogP contribution in [-0.4, -0.2) is 43.7 Å². The van der Waals surface area contributed by atoms with Gasteiger partial charge in [-0.3, -0.25) is 9.59 Å². The number of rotatable bonds is 6. The fourth-order valence-corrected chi connectivity index (χ4v) is 3.55. The number of aliphatic carboxylic acids is 1. The first-order valence-electron chi connectivity index (χ1n) is 6.80. The number of thioether (sulfide) groups is 1. The Morgan fingerprint density at radius 2 is 2.08 bits per heavy atom. The minimum absolute atomic E-state index is 0.124. The summed E-state index contributed by atoms with van der Waals surface area (Å²) >= 11 is 2.18. The first kappa shape index (κ1) is 16.4. The molecule has 0 bridgehead atoms. The number of benzene rings is 1. The highest BCUT2D eigenvalue weighted by atomic mass is 32.2. The van der Waals surface area contributed by atoms with E-state index in [-0.39, 0.29) is 17.0 Å². The number of nitrogens with zero attached hydrogens (tertiary/aromatic N) is 4. The number of methoxy groups -OCH3 is 1. The SMILES string of the molecule is COc1ccc(Cc2nnc3sc(SCC(=O)O)nn3c2=O)cc1. The Bertz CT molecular complexity index is 936. The lowest BCUT2D eigenvalue weighted by atomic mass is 10.1. The number of hydrogen-bond acceptors (Lipinski definition) is 8. The van der Waals surface area contributed by atoms with E-state index in [1.807, 2.05) is 24.3 Å². The topological polar surface area (TPSA) is 107 Å². The third-order valence-electron chi connectivity index (χ3n) is 3.09. The van der Waals surface area contributed by atoms with E-state index < -0.39 is 5.97 Å². The van der Waals surface area contributed by atoms with Gasteiger partial charge in [0.2, 0.25) is 4.96 Å². The molecule has 24 heavy (non-hydrogen) atoms. The molecule has 8 nitrogen and oxygen atoms in total. The van der Waals surface area contributed by atoms with Crippen molar-refractivity contribution in [3.63, 3.8) is 0 Å². The molecule has 0 aliphatic heterocycles. The molecule has 0 saturated carbocycles. The lowest BCUT2D eigenvalue weighted by Gasteiger charge is -2.02. The monoisotopic (exact) mass is 364 g/mol. The van der Waals surface area contributed by atoms with E-state index >= 15 is 0 Å². The van der Waals surface area contributed by atoms with Crippen LogP contribution in [0.4, 0.5) is 0 Å². The normalized spacial score (nSPS) is 10.9. The number of carbonyl (C=O) groups is 1. The van der Waals surface area contributed by atoms with Crippen molar-refractivity contribution in [2.45, 2.75) is 10.8 Å². The molecule has 10 heteroatoms. The van der Waals surface area contributed by atoms with Gasteiger partial charge in [-0.25, -0.2) is 0 Å². The van der Waals surface area contributed by atoms with E-state index in [1.54, 1.807) is 7.11 Å². The van der Waals surface area contributed by atoms with Crippen LogP contribution in [-0.2, 0) is 11.2 Å². The second-order valence-electron chi connectivity index (χ2n) is 4.72. The summed E-state index contributed by atoms with van der Waals surface area (Å²) in [6.07, 6.45) is 0.327. The van der Waals surface area contributed by atoms with Gasteiger partial charge in [0, 0.05) is 6.42 Å². The molecule has 0 radical (unpaired) electrons. The van der Waals surface area contributed by atoms with Crippen LogP contribution in [0.25, 0.3) is 4.96 Å². The van der Waals surface area contributed by atoms with Crippen molar-refractivity contribution >= 4 is 34.0 Å². The maximum atomic E-state index is 12.5. The zero-order valence-corrected chi connectivity index (χ0v) is 14.1. The quantitative estimate of drug-likeness (QED) is 0.653. The molecule has 3 rings (SSSR count). The molecule has 3 aromatic rings. The molecule has 1 aromatic carbocycles. The molecule has 0 aliphatic carbocycles. The van der Waals surface area contributed by atoms with E-state index in [2.05, 4.69) is 15.3 Å². The number of hydrogen-bond donors (Lipinski definition) is 1. The molecule has 0 amide bonds. The molecule has 124 valence electrons. The van der Waals surface area contributed by atoms with E-state index in [4.69, 9.17) is 9.84 Å². The number of fused-ring (bicyclic) bond motifs is 1. The van der Waals surface area contributed by atoms with Crippen molar-refractivity contribution < 1.29 is 14.6 Å². The van der Waals surface area contributed by atoms with Gasteiger partial charge in [0.05, 0.1) is 12.9 Å². The Hall–Kier alpha value is -2.46. The summed E-state index contributed by atoms with van der Waals surface area (Å²) in [6, 6.07) is 7.32. The second-order valence-corrected chi connectivity index (χ2v) is 6.90. The van der Waals surface area contributed by atoms with Crippen molar-refractivity contribution in [3.8, 4) is 5.75 Å². The van der Waals surface area contributed by atoms with Crippen LogP contribution in [0.2, 0.25) is 0 Å². The van der Waals surface area contributed by atoms with Gasteiger partial charge < -0.3 is 9.84 Å². The van der Waals surface area contributed by atoms with Crippen molar-refractivity contribution in [3.05, 3.63) is 45.9 Å². The fourth-order valence-electron chi connectivity index (χ4n) is 1.96. The average molecular weight is 364 g/mol. The molecule has 0 aliphatic rings. The zero-order chi connectivity index (χ0) is 17.1. The summed E-state index contributed by atoms with van der Waals surface area (Å²) < 4.78 is 6.73. The largest absolute Gasteiger partial charge is 0.497 e.